The lowest BCUT2D eigenvalue weighted by molar-refractivity contribution is -0.652. The summed E-state index contributed by atoms with van der Waals surface area (Å²) in [6.07, 6.45) is 0. The lowest BCUT2D eigenvalue weighted by atomic mass is 10.1. The summed E-state index contributed by atoms with van der Waals surface area (Å²) in [4.78, 5) is 0. The molecule has 0 radical (unpaired) electrons. The molecule has 0 unspecified atom stereocenters. The molecule has 3 rings (SSSR count). The largest absolute Gasteiger partial charge is 0.497 e. The van der Waals surface area contributed by atoms with E-state index in [1.807, 2.05) is 24.3 Å². The van der Waals surface area contributed by atoms with Gasteiger partial charge in [-0.25, -0.2) is 4.39 Å². The fraction of sp³-hybridized carbons (Fsp3) is 0.118. The van der Waals surface area contributed by atoms with Gasteiger partial charge in [-0.2, -0.15) is 4.57 Å². The topological polar surface area (TPSA) is 46.5 Å². The van der Waals surface area contributed by atoms with E-state index in [2.05, 4.69) is 0 Å². The van der Waals surface area contributed by atoms with Crippen LogP contribution < -0.4 is 9.30 Å². The number of ether oxygens (including phenoxy) is 1. The highest BCUT2D eigenvalue weighted by Crippen LogP contribution is 2.32. The molecule has 0 atom stereocenters. The summed E-state index contributed by atoms with van der Waals surface area (Å²) < 4.78 is 25.4. The minimum Gasteiger partial charge on any atom is -0.497 e. The van der Waals surface area contributed by atoms with E-state index in [0.29, 0.717) is 17.1 Å². The predicted octanol–water partition coefficient (Wildman–Crippen LogP) is 3.29. The number of oxazole rings is 1. The summed E-state index contributed by atoms with van der Waals surface area (Å²) in [5.74, 6) is 0.699. The zero-order chi connectivity index (χ0) is 15.7. The molecule has 0 amide bonds. The first-order chi connectivity index (χ1) is 10.6. The zero-order valence-corrected chi connectivity index (χ0v) is 12.2. The average molecular weight is 300 g/mol. The molecule has 0 aliphatic rings. The van der Waals surface area contributed by atoms with Crippen LogP contribution in [0.1, 0.15) is 0 Å². The van der Waals surface area contributed by atoms with Gasteiger partial charge in [0.1, 0.15) is 18.6 Å². The monoisotopic (exact) mass is 300 g/mol. The van der Waals surface area contributed by atoms with E-state index in [-0.39, 0.29) is 11.8 Å². The molecule has 1 heterocycles. The number of aromatic nitrogens is 1. The van der Waals surface area contributed by atoms with Crippen LogP contribution in [0.5, 0.6) is 11.7 Å². The highest BCUT2D eigenvalue weighted by molar-refractivity contribution is 5.63. The molecule has 3 aromatic rings. The predicted molar refractivity (Wildman–Crippen MR) is 78.9 cm³/mol. The standard InChI is InChI=1S/C17H14FNO3/c1-19-15(11-3-7-13(18)8-4-11)17(20)22-16(19)12-5-9-14(21-2)10-6-12/h3-10H,1-2H3/p+1. The minimum atomic E-state index is -0.329. The van der Waals surface area contributed by atoms with Gasteiger partial charge in [-0.15, -0.1) is 0 Å². The van der Waals surface area contributed by atoms with Crippen molar-refractivity contribution in [2.75, 3.05) is 7.11 Å². The Bertz CT molecular complexity index is 792. The highest BCUT2D eigenvalue weighted by atomic mass is 19.1. The van der Waals surface area contributed by atoms with E-state index in [0.717, 1.165) is 11.3 Å². The van der Waals surface area contributed by atoms with Gasteiger partial charge in [0, 0.05) is 0 Å². The summed E-state index contributed by atoms with van der Waals surface area (Å²) in [6.45, 7) is 0. The molecule has 0 aliphatic heterocycles. The zero-order valence-electron chi connectivity index (χ0n) is 12.2. The fourth-order valence-corrected chi connectivity index (χ4v) is 2.36. The molecule has 0 fully saturated rings. The molecular weight excluding hydrogens is 285 g/mol. The van der Waals surface area contributed by atoms with Gasteiger partial charge in [-0.1, -0.05) is 0 Å². The normalized spacial score (nSPS) is 10.7. The van der Waals surface area contributed by atoms with Crippen molar-refractivity contribution in [1.29, 1.82) is 0 Å². The maximum absolute atomic E-state index is 13.0. The number of benzene rings is 2. The first-order valence-corrected chi connectivity index (χ1v) is 6.72. The minimum absolute atomic E-state index is 0.208. The molecule has 0 bridgehead atoms. The second kappa shape index (κ2) is 5.52. The van der Waals surface area contributed by atoms with E-state index < -0.39 is 0 Å². The van der Waals surface area contributed by atoms with E-state index in [9.17, 15) is 9.50 Å². The van der Waals surface area contributed by atoms with Crippen molar-refractivity contribution in [3.05, 3.63) is 54.3 Å². The molecule has 2 aromatic carbocycles. The van der Waals surface area contributed by atoms with E-state index in [4.69, 9.17) is 9.15 Å². The van der Waals surface area contributed by atoms with Crippen LogP contribution in [-0.2, 0) is 7.05 Å². The number of rotatable bonds is 3. The van der Waals surface area contributed by atoms with Crippen LogP contribution in [0.15, 0.2) is 52.9 Å². The Labute approximate surface area is 127 Å². The molecule has 0 saturated heterocycles. The van der Waals surface area contributed by atoms with Crippen LogP contribution in [0.3, 0.4) is 0 Å². The second-order valence-corrected chi connectivity index (χ2v) is 4.86. The molecule has 5 heteroatoms. The smallest absolute Gasteiger partial charge is 0.383 e. The van der Waals surface area contributed by atoms with Crippen molar-refractivity contribution in [2.45, 2.75) is 0 Å². The van der Waals surface area contributed by atoms with Crippen molar-refractivity contribution in [3.63, 3.8) is 0 Å². The number of aromatic hydroxyl groups is 1. The van der Waals surface area contributed by atoms with Crippen molar-refractivity contribution in [3.8, 4) is 34.4 Å². The summed E-state index contributed by atoms with van der Waals surface area (Å²) in [5, 5.41) is 10.1. The van der Waals surface area contributed by atoms with Gasteiger partial charge in [-0.05, 0) is 48.5 Å². The molecule has 22 heavy (non-hydrogen) atoms. The third-order valence-electron chi connectivity index (χ3n) is 3.49. The number of hydrogen-bond donors (Lipinski definition) is 1. The summed E-state index contributed by atoms with van der Waals surface area (Å²) >= 11 is 0. The van der Waals surface area contributed by atoms with Gasteiger partial charge in [0.15, 0.2) is 0 Å². The summed E-state index contributed by atoms with van der Waals surface area (Å²) in [5.41, 5.74) is 1.96. The van der Waals surface area contributed by atoms with Crippen LogP contribution in [0.2, 0.25) is 0 Å². The second-order valence-electron chi connectivity index (χ2n) is 4.86. The highest BCUT2D eigenvalue weighted by Gasteiger charge is 2.28. The van der Waals surface area contributed by atoms with Crippen molar-refractivity contribution < 1.29 is 23.2 Å². The van der Waals surface area contributed by atoms with Gasteiger partial charge in [0.25, 0.3) is 5.69 Å². The number of methoxy groups -OCH3 is 1. The lowest BCUT2D eigenvalue weighted by Gasteiger charge is -1.99. The maximum atomic E-state index is 13.0. The lowest BCUT2D eigenvalue weighted by Crippen LogP contribution is -2.30. The van der Waals surface area contributed by atoms with Gasteiger partial charge in [-0.3, -0.25) is 0 Å². The van der Waals surface area contributed by atoms with Gasteiger partial charge in [0.05, 0.1) is 18.2 Å². The Morgan fingerprint density at radius 3 is 2.18 bits per heavy atom. The third-order valence-corrected chi connectivity index (χ3v) is 3.49. The van der Waals surface area contributed by atoms with Gasteiger partial charge < -0.3 is 14.3 Å². The van der Waals surface area contributed by atoms with Crippen molar-refractivity contribution in [1.82, 2.24) is 0 Å². The molecular formula is C17H15FNO3+. The van der Waals surface area contributed by atoms with E-state index >= 15 is 0 Å². The first-order valence-electron chi connectivity index (χ1n) is 6.72. The molecule has 4 nitrogen and oxygen atoms in total. The molecule has 1 aromatic heterocycles. The molecule has 112 valence electrons. The quantitative estimate of drug-likeness (QED) is 0.755. The average Bonchev–Trinajstić information content (AvgIpc) is 2.83. The Morgan fingerprint density at radius 1 is 1.00 bits per heavy atom. The van der Waals surface area contributed by atoms with Crippen molar-refractivity contribution in [2.24, 2.45) is 7.05 Å². The Hall–Kier alpha value is -2.82. The molecule has 0 saturated carbocycles. The Kier molecular flexibility index (Phi) is 3.55. The van der Waals surface area contributed by atoms with Crippen LogP contribution in [0.25, 0.3) is 22.7 Å². The molecule has 0 aliphatic carbocycles. The van der Waals surface area contributed by atoms with Crippen LogP contribution in [-0.4, -0.2) is 12.2 Å². The maximum Gasteiger partial charge on any atom is 0.383 e. The van der Waals surface area contributed by atoms with Gasteiger partial charge >= 0.3 is 11.8 Å². The van der Waals surface area contributed by atoms with E-state index in [1.54, 1.807) is 30.9 Å². The fourth-order valence-electron chi connectivity index (χ4n) is 2.36. The van der Waals surface area contributed by atoms with Crippen LogP contribution in [0, 0.1) is 5.82 Å². The first kappa shape index (κ1) is 14.1. The Balaban J connectivity index is 2.07. The van der Waals surface area contributed by atoms with Gasteiger partial charge in [0.2, 0.25) is 0 Å². The van der Waals surface area contributed by atoms with Crippen LogP contribution in [0.4, 0.5) is 4.39 Å². The number of hydrogen-bond acceptors (Lipinski definition) is 3. The number of halogens is 1. The molecule has 0 spiro atoms. The Morgan fingerprint density at radius 2 is 1.59 bits per heavy atom. The number of nitrogens with zero attached hydrogens (tertiary/aromatic N) is 1. The van der Waals surface area contributed by atoms with E-state index in [1.165, 1.54) is 12.1 Å². The summed E-state index contributed by atoms with van der Waals surface area (Å²) in [7, 11) is 3.38. The molecule has 1 N–H and O–H groups in total. The third kappa shape index (κ3) is 2.41. The summed E-state index contributed by atoms with van der Waals surface area (Å²) in [6, 6.07) is 13.2. The van der Waals surface area contributed by atoms with Crippen molar-refractivity contribution >= 4 is 0 Å². The van der Waals surface area contributed by atoms with Crippen LogP contribution >= 0.6 is 0 Å². The SMILES string of the molecule is COc1ccc(-c2oc(O)c(-c3ccc(F)cc3)[n+]2C)cc1.